The number of nitro benzene ring substituents is 1. The molecule has 1 fully saturated rings. The summed E-state index contributed by atoms with van der Waals surface area (Å²) in [5, 5.41) is 22.8. The van der Waals surface area contributed by atoms with Crippen LogP contribution in [0.1, 0.15) is 37.0 Å². The SMILES string of the molecule is CCOC(=O)c1cc([N+](=O)[O-])cc(F)c1NC1CC(N(CC)CC(=O)O)C1. The highest BCUT2D eigenvalue weighted by atomic mass is 19.1. The van der Waals surface area contributed by atoms with Crippen LogP contribution >= 0.6 is 0 Å². The zero-order valence-electron chi connectivity index (χ0n) is 15.1. The van der Waals surface area contributed by atoms with Crippen molar-refractivity contribution in [3.8, 4) is 0 Å². The number of rotatable bonds is 9. The Balaban J connectivity index is 2.15. The van der Waals surface area contributed by atoms with Crippen LogP contribution in [0.3, 0.4) is 0 Å². The number of hydrogen-bond acceptors (Lipinski definition) is 7. The van der Waals surface area contributed by atoms with Crippen LogP contribution in [0.2, 0.25) is 0 Å². The van der Waals surface area contributed by atoms with Crippen molar-refractivity contribution in [1.29, 1.82) is 0 Å². The highest BCUT2D eigenvalue weighted by Crippen LogP contribution is 2.33. The van der Waals surface area contributed by atoms with Gasteiger partial charge in [0, 0.05) is 18.2 Å². The maximum Gasteiger partial charge on any atom is 0.340 e. The van der Waals surface area contributed by atoms with Gasteiger partial charge in [0.05, 0.1) is 35.4 Å². The topological polar surface area (TPSA) is 122 Å². The number of carboxylic acid groups (broad SMARTS) is 1. The maximum absolute atomic E-state index is 14.4. The molecule has 2 N–H and O–H groups in total. The third-order valence-electron chi connectivity index (χ3n) is 4.50. The number of likely N-dealkylation sites (N-methyl/N-ethyl adjacent to an activating group) is 1. The molecule has 2 rings (SSSR count). The summed E-state index contributed by atoms with van der Waals surface area (Å²) in [6.07, 6.45) is 1.14. The van der Waals surface area contributed by atoms with Gasteiger partial charge in [0.25, 0.3) is 5.69 Å². The Kier molecular flexibility index (Phi) is 6.67. The highest BCUT2D eigenvalue weighted by molar-refractivity contribution is 5.96. The lowest BCUT2D eigenvalue weighted by Crippen LogP contribution is -2.51. The first kappa shape index (κ1) is 20.6. The summed E-state index contributed by atoms with van der Waals surface area (Å²) >= 11 is 0. The number of nitrogens with one attached hydrogen (secondary N) is 1. The molecular formula is C17H22FN3O6. The van der Waals surface area contributed by atoms with Crippen molar-refractivity contribution in [3.63, 3.8) is 0 Å². The van der Waals surface area contributed by atoms with Crippen LogP contribution in [0, 0.1) is 15.9 Å². The van der Waals surface area contributed by atoms with E-state index in [0.29, 0.717) is 19.4 Å². The lowest BCUT2D eigenvalue weighted by atomic mass is 9.85. The first-order chi connectivity index (χ1) is 12.8. The molecule has 0 radical (unpaired) electrons. The summed E-state index contributed by atoms with van der Waals surface area (Å²) in [4.78, 5) is 34.9. The number of benzene rings is 1. The molecule has 0 atom stereocenters. The van der Waals surface area contributed by atoms with Gasteiger partial charge in [-0.2, -0.15) is 0 Å². The molecule has 1 saturated carbocycles. The van der Waals surface area contributed by atoms with Gasteiger partial charge in [-0.25, -0.2) is 9.18 Å². The molecule has 1 aromatic rings. The van der Waals surface area contributed by atoms with Crippen molar-refractivity contribution in [2.45, 2.75) is 38.8 Å². The van der Waals surface area contributed by atoms with Gasteiger partial charge in [-0.1, -0.05) is 6.92 Å². The summed E-state index contributed by atoms with van der Waals surface area (Å²) in [5.74, 6) is -2.67. The summed E-state index contributed by atoms with van der Waals surface area (Å²) < 4.78 is 19.3. The number of nitro groups is 1. The summed E-state index contributed by atoms with van der Waals surface area (Å²) in [7, 11) is 0. The molecule has 0 spiro atoms. The number of halogens is 1. The quantitative estimate of drug-likeness (QED) is 0.378. The fourth-order valence-corrected chi connectivity index (χ4v) is 3.10. The van der Waals surface area contributed by atoms with Gasteiger partial charge in [-0.05, 0) is 26.3 Å². The Bertz CT molecular complexity index is 736. The van der Waals surface area contributed by atoms with Crippen molar-refractivity contribution in [3.05, 3.63) is 33.6 Å². The third-order valence-corrected chi connectivity index (χ3v) is 4.50. The Morgan fingerprint density at radius 2 is 2.07 bits per heavy atom. The van der Waals surface area contributed by atoms with Gasteiger partial charge in [0.2, 0.25) is 0 Å². The van der Waals surface area contributed by atoms with Gasteiger partial charge in [-0.15, -0.1) is 0 Å². The number of carboxylic acids is 1. The molecule has 0 aromatic heterocycles. The molecule has 9 nitrogen and oxygen atoms in total. The number of carbonyl (C=O) groups is 2. The van der Waals surface area contributed by atoms with Gasteiger partial charge in [-0.3, -0.25) is 19.8 Å². The summed E-state index contributed by atoms with van der Waals surface area (Å²) in [6.45, 7) is 3.99. The standard InChI is InChI=1S/C17H22FN3O6/c1-3-20(9-15(22)23)11-5-10(6-11)19-16-13(17(24)27-4-2)7-12(21(25)26)8-14(16)18/h7-8,10-11,19H,3-6,9H2,1-2H3,(H,22,23). The Hall–Kier alpha value is -2.75. The molecule has 148 valence electrons. The number of anilines is 1. The van der Waals surface area contributed by atoms with Crippen LogP contribution in [0.15, 0.2) is 12.1 Å². The summed E-state index contributed by atoms with van der Waals surface area (Å²) in [5.41, 5.74) is -0.903. The second-order valence-electron chi connectivity index (χ2n) is 6.25. The molecular weight excluding hydrogens is 361 g/mol. The molecule has 1 aliphatic carbocycles. The van der Waals surface area contributed by atoms with E-state index in [0.717, 1.165) is 12.1 Å². The van der Waals surface area contributed by atoms with Crippen LogP contribution in [-0.2, 0) is 9.53 Å². The Labute approximate surface area is 155 Å². The minimum atomic E-state index is -0.917. The van der Waals surface area contributed by atoms with Crippen molar-refractivity contribution >= 4 is 23.3 Å². The second kappa shape index (κ2) is 8.76. The number of ether oxygens (including phenoxy) is 1. The first-order valence-electron chi connectivity index (χ1n) is 8.64. The number of esters is 1. The van der Waals surface area contributed by atoms with Crippen molar-refractivity contribution in [2.75, 3.05) is 25.0 Å². The molecule has 1 aliphatic rings. The van der Waals surface area contributed by atoms with Crippen LogP contribution in [0.5, 0.6) is 0 Å². The lowest BCUT2D eigenvalue weighted by Gasteiger charge is -2.42. The highest BCUT2D eigenvalue weighted by Gasteiger charge is 2.35. The molecule has 0 amide bonds. The Morgan fingerprint density at radius 3 is 2.59 bits per heavy atom. The average molecular weight is 383 g/mol. The fraction of sp³-hybridized carbons (Fsp3) is 0.529. The second-order valence-corrected chi connectivity index (χ2v) is 6.25. The van der Waals surface area contributed by atoms with Crippen LogP contribution in [0.25, 0.3) is 0 Å². The van der Waals surface area contributed by atoms with Gasteiger partial charge in [0.15, 0.2) is 5.82 Å². The largest absolute Gasteiger partial charge is 0.480 e. The Morgan fingerprint density at radius 1 is 1.41 bits per heavy atom. The van der Waals surface area contributed by atoms with E-state index >= 15 is 0 Å². The third kappa shape index (κ3) is 4.91. The van der Waals surface area contributed by atoms with Crippen LogP contribution in [-0.4, -0.2) is 58.6 Å². The van der Waals surface area contributed by atoms with E-state index < -0.39 is 28.4 Å². The van der Waals surface area contributed by atoms with E-state index in [9.17, 15) is 24.1 Å². The maximum atomic E-state index is 14.4. The smallest absolute Gasteiger partial charge is 0.340 e. The predicted octanol–water partition coefficient (Wildman–Crippen LogP) is 2.26. The number of aliphatic carboxylic acids is 1. The van der Waals surface area contributed by atoms with Crippen molar-refractivity contribution < 1.29 is 28.7 Å². The van der Waals surface area contributed by atoms with Gasteiger partial charge >= 0.3 is 11.9 Å². The number of hydrogen-bond donors (Lipinski definition) is 2. The molecule has 0 aliphatic heterocycles. The number of carbonyl (C=O) groups excluding carboxylic acids is 1. The predicted molar refractivity (Wildman–Crippen MR) is 94.3 cm³/mol. The molecule has 0 unspecified atom stereocenters. The molecule has 1 aromatic carbocycles. The van der Waals surface area contributed by atoms with Gasteiger partial charge < -0.3 is 15.2 Å². The van der Waals surface area contributed by atoms with Crippen LogP contribution in [0.4, 0.5) is 15.8 Å². The van der Waals surface area contributed by atoms with Crippen LogP contribution < -0.4 is 5.32 Å². The van der Waals surface area contributed by atoms with E-state index in [4.69, 9.17) is 9.84 Å². The zero-order chi connectivity index (χ0) is 20.1. The van der Waals surface area contributed by atoms with E-state index in [1.807, 2.05) is 6.92 Å². The van der Waals surface area contributed by atoms with Crippen molar-refractivity contribution in [1.82, 2.24) is 4.90 Å². The monoisotopic (exact) mass is 383 g/mol. The molecule has 0 heterocycles. The molecule has 0 saturated heterocycles. The van der Waals surface area contributed by atoms with E-state index in [1.165, 1.54) is 0 Å². The van der Waals surface area contributed by atoms with Crippen molar-refractivity contribution in [2.24, 2.45) is 0 Å². The van der Waals surface area contributed by atoms with E-state index in [-0.39, 0.29) is 36.5 Å². The minimum absolute atomic E-state index is 0.0377. The summed E-state index contributed by atoms with van der Waals surface area (Å²) in [6, 6.07) is 1.60. The molecule has 0 bridgehead atoms. The van der Waals surface area contributed by atoms with E-state index in [2.05, 4.69) is 5.32 Å². The fourth-order valence-electron chi connectivity index (χ4n) is 3.10. The van der Waals surface area contributed by atoms with E-state index in [1.54, 1.807) is 11.8 Å². The molecule has 10 heteroatoms. The number of non-ortho nitro benzene ring substituents is 1. The first-order valence-corrected chi connectivity index (χ1v) is 8.64. The zero-order valence-corrected chi connectivity index (χ0v) is 15.1. The van der Waals surface area contributed by atoms with Gasteiger partial charge in [0.1, 0.15) is 0 Å². The molecule has 27 heavy (non-hydrogen) atoms. The lowest BCUT2D eigenvalue weighted by molar-refractivity contribution is -0.385. The average Bonchev–Trinajstić information content (AvgIpc) is 2.56. The minimum Gasteiger partial charge on any atom is -0.480 e. The normalized spacial score (nSPS) is 18.7. The number of nitrogens with zero attached hydrogens (tertiary/aromatic N) is 2.